The summed E-state index contributed by atoms with van der Waals surface area (Å²) in [6.07, 6.45) is 3.68. The second-order valence-corrected chi connectivity index (χ2v) is 7.52. The Morgan fingerprint density at radius 2 is 2.00 bits per heavy atom. The van der Waals surface area contributed by atoms with E-state index in [1.807, 2.05) is 19.9 Å². The molecule has 10 nitrogen and oxygen atoms in total. The molecule has 4 aromatic rings. The number of hydrogen-bond donors (Lipinski definition) is 0. The highest BCUT2D eigenvalue weighted by Crippen LogP contribution is 2.14. The van der Waals surface area contributed by atoms with Crippen LogP contribution in [0.4, 0.5) is 0 Å². The predicted octanol–water partition coefficient (Wildman–Crippen LogP) is 2.64. The monoisotopic (exact) mass is 464 g/mol. The maximum absolute atomic E-state index is 13.3. The van der Waals surface area contributed by atoms with Crippen LogP contribution < -0.4 is 15.8 Å². The molecule has 0 saturated heterocycles. The highest BCUT2D eigenvalue weighted by atomic mass is 16.6. The fourth-order valence-corrected chi connectivity index (χ4v) is 3.63. The van der Waals surface area contributed by atoms with Gasteiger partial charge in [0.2, 0.25) is 0 Å². The van der Waals surface area contributed by atoms with Gasteiger partial charge >= 0.3 is 5.97 Å². The van der Waals surface area contributed by atoms with Crippen LogP contribution in [0.3, 0.4) is 0 Å². The largest absolute Gasteiger partial charge is 0.462 e. The van der Waals surface area contributed by atoms with Crippen molar-refractivity contribution in [1.29, 1.82) is 0 Å². The second kappa shape index (κ2) is 9.74. The molecule has 0 aliphatic rings. The lowest BCUT2D eigenvalue weighted by molar-refractivity contribution is -0.120. The van der Waals surface area contributed by atoms with Gasteiger partial charge in [-0.1, -0.05) is 13.0 Å². The van der Waals surface area contributed by atoms with Gasteiger partial charge < -0.3 is 18.5 Å². The Morgan fingerprint density at radius 3 is 2.71 bits per heavy atom. The Morgan fingerprint density at radius 1 is 1.18 bits per heavy atom. The molecule has 0 atom stereocenters. The van der Waals surface area contributed by atoms with Crippen LogP contribution in [0.5, 0.6) is 5.95 Å². The first-order valence-electron chi connectivity index (χ1n) is 10.9. The van der Waals surface area contributed by atoms with Crippen molar-refractivity contribution >= 4 is 28.6 Å². The summed E-state index contributed by atoms with van der Waals surface area (Å²) in [4.78, 5) is 47.7. The van der Waals surface area contributed by atoms with Crippen molar-refractivity contribution < 1.29 is 23.5 Å². The molecule has 0 radical (unpaired) electrons. The Balaban J connectivity index is 2.00. The third-order valence-electron chi connectivity index (χ3n) is 5.11. The predicted molar refractivity (Wildman–Crippen MR) is 123 cm³/mol. The van der Waals surface area contributed by atoms with Crippen molar-refractivity contribution in [1.82, 2.24) is 14.0 Å². The van der Waals surface area contributed by atoms with Gasteiger partial charge in [-0.2, -0.15) is 4.99 Å². The quantitative estimate of drug-likeness (QED) is 0.305. The maximum atomic E-state index is 13.3. The molecule has 0 aliphatic heterocycles. The molecule has 4 heterocycles. The van der Waals surface area contributed by atoms with Gasteiger partial charge in [-0.25, -0.2) is 9.78 Å². The Bertz CT molecular complexity index is 1500. The molecular weight excluding hydrogens is 440 g/mol. The number of carbonyl (C=O) groups excluding carboxylic acids is 2. The lowest BCUT2D eigenvalue weighted by Gasteiger charge is -2.15. The first-order valence-corrected chi connectivity index (χ1v) is 10.9. The molecule has 4 aromatic heterocycles. The van der Waals surface area contributed by atoms with Crippen LogP contribution in [-0.2, 0) is 16.1 Å². The van der Waals surface area contributed by atoms with Crippen LogP contribution in [0.1, 0.15) is 36.2 Å². The van der Waals surface area contributed by atoms with E-state index in [4.69, 9.17) is 18.9 Å². The van der Waals surface area contributed by atoms with Gasteiger partial charge in [0.25, 0.3) is 17.4 Å². The van der Waals surface area contributed by atoms with E-state index in [1.54, 1.807) is 35.9 Å². The summed E-state index contributed by atoms with van der Waals surface area (Å²) >= 11 is 0. The van der Waals surface area contributed by atoms with Gasteiger partial charge in [0, 0.05) is 18.8 Å². The van der Waals surface area contributed by atoms with Crippen molar-refractivity contribution in [3.63, 3.8) is 0 Å². The van der Waals surface area contributed by atoms with Crippen molar-refractivity contribution in [2.45, 2.75) is 33.7 Å². The molecule has 0 saturated carbocycles. The standard InChI is InChI=1S/C24H24N4O6/c1-4-10-27-21-16(23(30)28-11-6-8-15(3)20(28)26-21)13-17(24(31)32-5-2)22(27)25-18(29)14-34-19-9-7-12-33-19/h6-9,11-13H,4-5,10,14H2,1-3H3. The third-order valence-corrected chi connectivity index (χ3v) is 5.11. The van der Waals surface area contributed by atoms with Crippen molar-refractivity contribution in [2.24, 2.45) is 4.99 Å². The van der Waals surface area contributed by atoms with E-state index in [0.29, 0.717) is 24.3 Å². The summed E-state index contributed by atoms with van der Waals surface area (Å²) in [5.74, 6) is -1.16. The molecular formula is C24H24N4O6. The molecule has 0 bridgehead atoms. The summed E-state index contributed by atoms with van der Waals surface area (Å²) in [7, 11) is 0. The number of ether oxygens (including phenoxy) is 2. The van der Waals surface area contributed by atoms with Crippen LogP contribution in [0, 0.1) is 6.92 Å². The minimum Gasteiger partial charge on any atom is -0.462 e. The van der Waals surface area contributed by atoms with Crippen LogP contribution in [0.15, 0.2) is 57.0 Å². The molecule has 0 aliphatic carbocycles. The van der Waals surface area contributed by atoms with E-state index in [1.165, 1.54) is 16.7 Å². The van der Waals surface area contributed by atoms with Gasteiger partial charge in [0.05, 0.1) is 18.3 Å². The van der Waals surface area contributed by atoms with E-state index in [0.717, 1.165) is 5.56 Å². The molecule has 4 rings (SSSR count). The second-order valence-electron chi connectivity index (χ2n) is 7.52. The normalized spacial score (nSPS) is 11.8. The summed E-state index contributed by atoms with van der Waals surface area (Å²) < 4.78 is 18.6. The number of esters is 1. The summed E-state index contributed by atoms with van der Waals surface area (Å²) in [5.41, 5.74) is 1.34. The number of amides is 1. The third kappa shape index (κ3) is 4.34. The van der Waals surface area contributed by atoms with Crippen molar-refractivity contribution in [3.8, 4) is 5.95 Å². The number of furan rings is 1. The minimum absolute atomic E-state index is 0.000603. The summed E-state index contributed by atoms with van der Waals surface area (Å²) in [6, 6.07) is 8.19. The highest BCUT2D eigenvalue weighted by molar-refractivity contribution is 5.93. The SMILES string of the molecule is CCCn1c(=NC(=O)COc2ccco2)c(C(=O)OCC)cc2c(=O)n3cccc(C)c3nc21. The zero-order valence-electron chi connectivity index (χ0n) is 19.1. The lowest BCUT2D eigenvalue weighted by Crippen LogP contribution is -2.33. The highest BCUT2D eigenvalue weighted by Gasteiger charge is 2.20. The number of pyridine rings is 2. The van der Waals surface area contributed by atoms with Crippen LogP contribution in [0.25, 0.3) is 16.7 Å². The number of hydrogen-bond acceptors (Lipinski definition) is 7. The van der Waals surface area contributed by atoms with Crippen molar-refractivity contribution in [3.05, 3.63) is 69.8 Å². The summed E-state index contributed by atoms with van der Waals surface area (Å²) in [6.45, 7) is 5.54. The number of nitrogens with zero attached hydrogens (tertiary/aromatic N) is 4. The zero-order chi connectivity index (χ0) is 24.2. The zero-order valence-corrected chi connectivity index (χ0v) is 19.1. The summed E-state index contributed by atoms with van der Waals surface area (Å²) in [5, 5.41) is 0.220. The molecule has 0 unspecified atom stereocenters. The molecule has 10 heteroatoms. The topological polar surface area (TPSA) is 117 Å². The van der Waals surface area contributed by atoms with E-state index in [2.05, 4.69) is 4.99 Å². The first kappa shape index (κ1) is 23.0. The van der Waals surface area contributed by atoms with Gasteiger partial charge in [-0.15, -0.1) is 0 Å². The maximum Gasteiger partial charge on any atom is 0.341 e. The fourth-order valence-electron chi connectivity index (χ4n) is 3.63. The van der Waals surface area contributed by atoms with Gasteiger partial charge in [-0.05, 0) is 44.0 Å². The number of fused-ring (bicyclic) bond motifs is 2. The average Bonchev–Trinajstić information content (AvgIpc) is 3.34. The molecule has 0 aromatic carbocycles. The Hall–Kier alpha value is -4.21. The number of aromatic nitrogens is 3. The molecule has 0 fully saturated rings. The minimum atomic E-state index is -0.693. The molecule has 0 N–H and O–H groups in total. The fraction of sp³-hybridized carbons (Fsp3) is 0.292. The Kier molecular flexibility index (Phi) is 6.58. The van der Waals surface area contributed by atoms with Gasteiger partial charge in [-0.3, -0.25) is 14.0 Å². The van der Waals surface area contributed by atoms with E-state index in [-0.39, 0.29) is 34.5 Å². The molecule has 176 valence electrons. The number of aryl methyl sites for hydroxylation is 2. The molecule has 1 amide bonds. The van der Waals surface area contributed by atoms with Gasteiger partial charge in [0.15, 0.2) is 12.1 Å². The van der Waals surface area contributed by atoms with E-state index >= 15 is 0 Å². The number of rotatable bonds is 7. The smallest absolute Gasteiger partial charge is 0.341 e. The van der Waals surface area contributed by atoms with E-state index in [9.17, 15) is 14.4 Å². The van der Waals surface area contributed by atoms with Crippen LogP contribution in [-0.4, -0.2) is 39.0 Å². The molecule has 34 heavy (non-hydrogen) atoms. The van der Waals surface area contributed by atoms with Gasteiger partial charge in [0.1, 0.15) is 16.9 Å². The van der Waals surface area contributed by atoms with Crippen LogP contribution >= 0.6 is 0 Å². The lowest BCUT2D eigenvalue weighted by atomic mass is 10.2. The molecule has 0 spiro atoms. The average molecular weight is 464 g/mol. The van der Waals surface area contributed by atoms with Crippen molar-refractivity contribution in [2.75, 3.05) is 13.2 Å². The number of carbonyl (C=O) groups is 2. The first-order chi connectivity index (χ1) is 16.4. The Labute approximate surface area is 194 Å². The van der Waals surface area contributed by atoms with E-state index < -0.39 is 18.5 Å². The van der Waals surface area contributed by atoms with Crippen LogP contribution in [0.2, 0.25) is 0 Å².